The van der Waals surface area contributed by atoms with Gasteiger partial charge in [-0.1, -0.05) is 17.7 Å². The van der Waals surface area contributed by atoms with E-state index in [1.165, 1.54) is 6.07 Å². The minimum absolute atomic E-state index is 0.231. The molecule has 1 aromatic carbocycles. The van der Waals surface area contributed by atoms with E-state index in [0.29, 0.717) is 5.02 Å². The topological polar surface area (TPSA) is 46.2 Å². The molecule has 0 saturated carbocycles. The lowest BCUT2D eigenvalue weighted by Gasteiger charge is -2.24. The smallest absolute Gasteiger partial charge is 0.196 e. The normalized spacial score (nSPS) is 12.8. The fraction of sp³-hybridized carbons (Fsp3) is 0.400. The molecule has 0 aliphatic rings. The molecule has 0 atom stereocenters. The van der Waals surface area contributed by atoms with Gasteiger partial charge in [-0.15, -0.1) is 0 Å². The minimum atomic E-state index is -3.41. The predicted molar refractivity (Wildman–Crippen MR) is 61.8 cm³/mol. The van der Waals surface area contributed by atoms with E-state index in [9.17, 15) is 8.42 Å². The number of benzene rings is 1. The summed E-state index contributed by atoms with van der Waals surface area (Å²) in [5, 5.41) is 3.19. The fourth-order valence-electron chi connectivity index (χ4n) is 1.06. The van der Waals surface area contributed by atoms with E-state index in [1.807, 2.05) is 0 Å². The van der Waals surface area contributed by atoms with E-state index < -0.39 is 14.7 Å². The van der Waals surface area contributed by atoms with Gasteiger partial charge in [0.15, 0.2) is 9.84 Å². The largest absolute Gasteiger partial charge is 0.302 e. The van der Waals surface area contributed by atoms with E-state index in [2.05, 4.69) is 5.32 Å². The highest BCUT2D eigenvalue weighted by Gasteiger charge is 2.33. The molecule has 3 nitrogen and oxygen atoms in total. The standard InChI is InChI=1S/C10H14ClNO2S/c1-10(2,12-3)15(13,14)9-6-4-5-8(11)7-9/h4-7,12H,1-3H3. The van der Waals surface area contributed by atoms with E-state index in [0.717, 1.165) is 0 Å². The van der Waals surface area contributed by atoms with Crippen molar-refractivity contribution in [2.24, 2.45) is 0 Å². The Morgan fingerprint density at radius 2 is 1.93 bits per heavy atom. The zero-order valence-electron chi connectivity index (χ0n) is 8.91. The van der Waals surface area contributed by atoms with Gasteiger partial charge in [-0.05, 0) is 39.1 Å². The summed E-state index contributed by atoms with van der Waals surface area (Å²) in [6.45, 7) is 3.23. The molecule has 0 unspecified atom stereocenters. The Morgan fingerprint density at radius 1 is 1.33 bits per heavy atom. The third-order valence-corrected chi connectivity index (χ3v) is 5.04. The molecule has 84 valence electrons. The van der Waals surface area contributed by atoms with Crippen molar-refractivity contribution in [3.05, 3.63) is 29.3 Å². The van der Waals surface area contributed by atoms with Crippen molar-refractivity contribution in [2.75, 3.05) is 7.05 Å². The van der Waals surface area contributed by atoms with Crippen molar-refractivity contribution in [3.63, 3.8) is 0 Å². The summed E-state index contributed by atoms with van der Waals surface area (Å²) in [7, 11) is -1.79. The van der Waals surface area contributed by atoms with Crippen LogP contribution in [0.25, 0.3) is 0 Å². The average Bonchev–Trinajstić information content (AvgIpc) is 2.17. The Kier molecular flexibility index (Phi) is 3.43. The van der Waals surface area contributed by atoms with Crippen LogP contribution in [0.15, 0.2) is 29.2 Å². The van der Waals surface area contributed by atoms with Crippen molar-refractivity contribution in [1.82, 2.24) is 5.32 Å². The highest BCUT2D eigenvalue weighted by atomic mass is 35.5. The summed E-state index contributed by atoms with van der Waals surface area (Å²) in [5.41, 5.74) is 0. The van der Waals surface area contributed by atoms with Gasteiger partial charge in [0.2, 0.25) is 0 Å². The Hall–Kier alpha value is -0.580. The molecule has 0 aliphatic carbocycles. The van der Waals surface area contributed by atoms with Crippen molar-refractivity contribution < 1.29 is 8.42 Å². The first-order valence-electron chi connectivity index (χ1n) is 4.50. The summed E-state index contributed by atoms with van der Waals surface area (Å²) in [6.07, 6.45) is 0. The van der Waals surface area contributed by atoms with Crippen LogP contribution >= 0.6 is 11.6 Å². The first-order valence-corrected chi connectivity index (χ1v) is 6.36. The summed E-state index contributed by atoms with van der Waals surface area (Å²) in [4.78, 5) is -0.771. The lowest BCUT2D eigenvalue weighted by Crippen LogP contribution is -2.44. The second-order valence-corrected chi connectivity index (χ2v) is 6.66. The average molecular weight is 248 g/mol. The van der Waals surface area contributed by atoms with Gasteiger partial charge in [0.05, 0.1) is 4.90 Å². The number of hydrogen-bond donors (Lipinski definition) is 1. The van der Waals surface area contributed by atoms with Crippen molar-refractivity contribution >= 4 is 21.4 Å². The van der Waals surface area contributed by atoms with Crippen LogP contribution in [0, 0.1) is 0 Å². The van der Waals surface area contributed by atoms with Crippen LogP contribution in [0.2, 0.25) is 5.02 Å². The molecule has 0 fully saturated rings. The Morgan fingerprint density at radius 3 is 2.40 bits per heavy atom. The zero-order chi connectivity index (χ0) is 11.7. The molecule has 1 rings (SSSR count). The van der Waals surface area contributed by atoms with Crippen LogP contribution in [-0.2, 0) is 9.84 Å². The molecule has 0 amide bonds. The van der Waals surface area contributed by atoms with Crippen LogP contribution < -0.4 is 5.32 Å². The van der Waals surface area contributed by atoms with Gasteiger partial charge in [-0.25, -0.2) is 8.42 Å². The number of halogens is 1. The summed E-state index contributed by atoms with van der Waals surface area (Å²) >= 11 is 5.76. The number of sulfone groups is 1. The molecule has 1 N–H and O–H groups in total. The molecule has 0 aromatic heterocycles. The van der Waals surface area contributed by atoms with E-state index in [1.54, 1.807) is 39.1 Å². The van der Waals surface area contributed by atoms with Gasteiger partial charge in [0, 0.05) is 5.02 Å². The lowest BCUT2D eigenvalue weighted by atomic mass is 10.4. The molecular weight excluding hydrogens is 234 g/mol. The molecule has 15 heavy (non-hydrogen) atoms. The van der Waals surface area contributed by atoms with Crippen molar-refractivity contribution in [2.45, 2.75) is 23.6 Å². The summed E-state index contributed by atoms with van der Waals surface area (Å²) in [6, 6.07) is 6.27. The summed E-state index contributed by atoms with van der Waals surface area (Å²) < 4.78 is 24.2. The van der Waals surface area contributed by atoms with Gasteiger partial charge in [-0.2, -0.15) is 0 Å². The van der Waals surface area contributed by atoms with E-state index in [-0.39, 0.29) is 4.90 Å². The molecule has 0 radical (unpaired) electrons. The van der Waals surface area contributed by atoms with Crippen LogP contribution in [0.1, 0.15) is 13.8 Å². The number of rotatable bonds is 3. The second kappa shape index (κ2) is 4.12. The quantitative estimate of drug-likeness (QED) is 0.890. The maximum atomic E-state index is 12.1. The van der Waals surface area contributed by atoms with E-state index >= 15 is 0 Å². The Balaban J connectivity index is 3.30. The van der Waals surface area contributed by atoms with Crippen LogP contribution in [-0.4, -0.2) is 20.3 Å². The second-order valence-electron chi connectivity index (χ2n) is 3.72. The molecule has 0 spiro atoms. The van der Waals surface area contributed by atoms with E-state index in [4.69, 9.17) is 11.6 Å². The molecule has 0 saturated heterocycles. The molecule has 0 heterocycles. The van der Waals surface area contributed by atoms with Crippen LogP contribution in [0.5, 0.6) is 0 Å². The first-order chi connectivity index (χ1) is 6.81. The maximum Gasteiger partial charge on any atom is 0.196 e. The van der Waals surface area contributed by atoms with Gasteiger partial charge in [-0.3, -0.25) is 0 Å². The third kappa shape index (κ3) is 2.33. The third-order valence-electron chi connectivity index (χ3n) is 2.38. The fourth-order valence-corrected chi connectivity index (χ4v) is 2.72. The molecule has 0 aliphatic heterocycles. The number of hydrogen-bond acceptors (Lipinski definition) is 3. The van der Waals surface area contributed by atoms with Crippen LogP contribution in [0.3, 0.4) is 0 Å². The molecule has 1 aromatic rings. The SMILES string of the molecule is CNC(C)(C)S(=O)(=O)c1cccc(Cl)c1. The van der Waals surface area contributed by atoms with Gasteiger partial charge < -0.3 is 5.32 Å². The highest BCUT2D eigenvalue weighted by Crippen LogP contribution is 2.24. The van der Waals surface area contributed by atoms with Gasteiger partial charge in [0.25, 0.3) is 0 Å². The maximum absolute atomic E-state index is 12.1. The molecule has 5 heteroatoms. The lowest BCUT2D eigenvalue weighted by molar-refractivity contribution is 0.510. The molecular formula is C10H14ClNO2S. The highest BCUT2D eigenvalue weighted by molar-refractivity contribution is 7.92. The number of nitrogens with one attached hydrogen (secondary N) is 1. The summed E-state index contributed by atoms with van der Waals surface area (Å²) in [5.74, 6) is 0. The molecule has 0 bridgehead atoms. The monoisotopic (exact) mass is 247 g/mol. The van der Waals surface area contributed by atoms with Gasteiger partial charge in [0.1, 0.15) is 4.87 Å². The van der Waals surface area contributed by atoms with Gasteiger partial charge >= 0.3 is 0 Å². The van der Waals surface area contributed by atoms with Crippen molar-refractivity contribution in [1.29, 1.82) is 0 Å². The predicted octanol–water partition coefficient (Wildman–Crippen LogP) is 2.07. The first kappa shape index (κ1) is 12.5. The Labute approximate surface area is 95.4 Å². The Bertz CT molecular complexity index is 454. The van der Waals surface area contributed by atoms with Crippen molar-refractivity contribution in [3.8, 4) is 0 Å². The van der Waals surface area contributed by atoms with Crippen LogP contribution in [0.4, 0.5) is 0 Å². The zero-order valence-corrected chi connectivity index (χ0v) is 10.5. The minimum Gasteiger partial charge on any atom is -0.302 e.